The minimum Gasteiger partial charge on any atom is -0.379 e. The van der Waals surface area contributed by atoms with Gasteiger partial charge in [0.2, 0.25) is 0 Å². The van der Waals surface area contributed by atoms with Gasteiger partial charge in [0.1, 0.15) is 5.65 Å². The smallest absolute Gasteiger partial charge is 0.333 e. The number of hydrogen-bond acceptors (Lipinski definition) is 4. The number of H-pyrrole nitrogens is 1. The van der Waals surface area contributed by atoms with Gasteiger partial charge in [0, 0.05) is 54.2 Å². The van der Waals surface area contributed by atoms with Gasteiger partial charge in [-0.2, -0.15) is 13.9 Å². The number of aromatic nitrogens is 4. The lowest BCUT2D eigenvalue weighted by atomic mass is 9.90. The van der Waals surface area contributed by atoms with Gasteiger partial charge in [-0.3, -0.25) is 4.90 Å². The average Bonchev–Trinajstić information content (AvgIpc) is 3.41. The van der Waals surface area contributed by atoms with Gasteiger partial charge in [-0.15, -0.1) is 0 Å². The van der Waals surface area contributed by atoms with E-state index in [4.69, 9.17) is 4.74 Å². The highest BCUT2D eigenvalue weighted by atomic mass is 19.3. The standard InChI is InChI=1S/C21H23F2N5O/c22-21(23)28-13-16(11-26-28)19-12-25-20-18(19)9-15(10-24-20)14-1-3-17(4-2-14)27-5-7-29-8-6-27/h1,9-13,17,21H,2-8H2,(H,24,25). The second-order valence-electron chi connectivity index (χ2n) is 7.62. The van der Waals surface area contributed by atoms with Crippen molar-refractivity contribution in [1.29, 1.82) is 0 Å². The highest BCUT2D eigenvalue weighted by Crippen LogP contribution is 2.33. The van der Waals surface area contributed by atoms with Crippen LogP contribution in [0.5, 0.6) is 0 Å². The van der Waals surface area contributed by atoms with Crippen LogP contribution in [-0.4, -0.2) is 57.0 Å². The topological polar surface area (TPSA) is 59.0 Å². The van der Waals surface area contributed by atoms with Crippen molar-refractivity contribution < 1.29 is 13.5 Å². The van der Waals surface area contributed by atoms with E-state index in [1.54, 1.807) is 6.20 Å². The molecule has 5 rings (SSSR count). The zero-order chi connectivity index (χ0) is 19.8. The highest BCUT2D eigenvalue weighted by Gasteiger charge is 2.24. The van der Waals surface area contributed by atoms with E-state index >= 15 is 0 Å². The summed E-state index contributed by atoms with van der Waals surface area (Å²) in [5.41, 5.74) is 4.64. The Morgan fingerprint density at radius 2 is 2.03 bits per heavy atom. The SMILES string of the molecule is FC(F)n1cc(-c2c[nH]c3ncc(C4=CCC(N5CCOCC5)CC4)cc23)cn1. The van der Waals surface area contributed by atoms with E-state index in [-0.39, 0.29) is 0 Å². The second kappa shape index (κ2) is 7.68. The van der Waals surface area contributed by atoms with E-state index in [1.807, 2.05) is 6.20 Å². The summed E-state index contributed by atoms with van der Waals surface area (Å²) >= 11 is 0. The van der Waals surface area contributed by atoms with E-state index in [1.165, 1.54) is 18.0 Å². The minimum atomic E-state index is -2.64. The molecule has 0 radical (unpaired) electrons. The molecular formula is C21H23F2N5O. The Bertz CT molecular complexity index is 1030. The van der Waals surface area contributed by atoms with Crippen LogP contribution < -0.4 is 0 Å². The largest absolute Gasteiger partial charge is 0.379 e. The number of alkyl halides is 2. The molecule has 4 heterocycles. The number of allylic oxidation sites excluding steroid dienone is 1. The molecule has 8 heteroatoms. The molecule has 29 heavy (non-hydrogen) atoms. The van der Waals surface area contributed by atoms with Crippen molar-refractivity contribution in [2.24, 2.45) is 0 Å². The van der Waals surface area contributed by atoms with Crippen LogP contribution in [0.4, 0.5) is 8.78 Å². The van der Waals surface area contributed by atoms with Crippen LogP contribution in [0.15, 0.2) is 36.9 Å². The predicted octanol–water partition coefficient (Wildman–Crippen LogP) is 4.09. The number of halogens is 2. The highest BCUT2D eigenvalue weighted by molar-refractivity contribution is 5.95. The number of pyridine rings is 1. The molecule has 1 atom stereocenters. The molecule has 152 valence electrons. The van der Waals surface area contributed by atoms with Crippen LogP contribution in [0.25, 0.3) is 27.7 Å². The van der Waals surface area contributed by atoms with Crippen LogP contribution >= 0.6 is 0 Å². The number of fused-ring (bicyclic) bond motifs is 1. The number of nitrogens with one attached hydrogen (secondary N) is 1. The van der Waals surface area contributed by atoms with Crippen molar-refractivity contribution in [1.82, 2.24) is 24.6 Å². The summed E-state index contributed by atoms with van der Waals surface area (Å²) in [4.78, 5) is 10.2. The molecule has 1 unspecified atom stereocenters. The summed E-state index contributed by atoms with van der Waals surface area (Å²) in [5.74, 6) is 0. The number of ether oxygens (including phenoxy) is 1. The lowest BCUT2D eigenvalue weighted by Crippen LogP contribution is -2.43. The third-order valence-corrected chi connectivity index (χ3v) is 5.96. The predicted molar refractivity (Wildman–Crippen MR) is 107 cm³/mol. The summed E-state index contributed by atoms with van der Waals surface area (Å²) in [7, 11) is 0. The quantitative estimate of drug-likeness (QED) is 0.718. The normalized spacial score (nSPS) is 21.1. The minimum absolute atomic E-state index is 0.586. The van der Waals surface area contributed by atoms with Crippen molar-refractivity contribution >= 4 is 16.6 Å². The first-order valence-electron chi connectivity index (χ1n) is 10.00. The first-order valence-corrected chi connectivity index (χ1v) is 10.00. The van der Waals surface area contributed by atoms with E-state index < -0.39 is 6.55 Å². The fourth-order valence-electron chi connectivity index (χ4n) is 4.36. The van der Waals surface area contributed by atoms with E-state index in [2.05, 4.69) is 32.1 Å². The van der Waals surface area contributed by atoms with Crippen LogP contribution in [-0.2, 0) is 4.74 Å². The summed E-state index contributed by atoms with van der Waals surface area (Å²) in [6.07, 6.45) is 12.0. The Balaban J connectivity index is 1.40. The van der Waals surface area contributed by atoms with Crippen LogP contribution in [0, 0.1) is 0 Å². The van der Waals surface area contributed by atoms with Gasteiger partial charge in [0.25, 0.3) is 0 Å². The fraction of sp³-hybridized carbons (Fsp3) is 0.429. The Morgan fingerprint density at radius 3 is 2.76 bits per heavy atom. The molecule has 0 amide bonds. The van der Waals surface area contributed by atoms with Crippen molar-refractivity contribution in [3.63, 3.8) is 0 Å². The summed E-state index contributed by atoms with van der Waals surface area (Å²) in [6, 6.07) is 2.69. The maximum Gasteiger partial charge on any atom is 0.333 e. The number of morpholine rings is 1. The number of nitrogens with zero attached hydrogens (tertiary/aromatic N) is 4. The zero-order valence-corrected chi connectivity index (χ0v) is 16.0. The van der Waals surface area contributed by atoms with Gasteiger partial charge in [0.05, 0.1) is 19.4 Å². The van der Waals surface area contributed by atoms with Gasteiger partial charge < -0.3 is 9.72 Å². The molecular weight excluding hydrogens is 376 g/mol. The van der Waals surface area contributed by atoms with Gasteiger partial charge in [-0.25, -0.2) is 9.67 Å². The lowest BCUT2D eigenvalue weighted by molar-refractivity contribution is 0.0150. The Kier molecular flexibility index (Phi) is 4.89. The fourth-order valence-corrected chi connectivity index (χ4v) is 4.36. The van der Waals surface area contributed by atoms with Crippen molar-refractivity contribution in [3.8, 4) is 11.1 Å². The van der Waals surface area contributed by atoms with Gasteiger partial charge in [-0.05, 0) is 36.5 Å². The summed E-state index contributed by atoms with van der Waals surface area (Å²) in [6.45, 7) is 1.04. The molecule has 0 saturated carbocycles. The average molecular weight is 399 g/mol. The Hall–Kier alpha value is -2.58. The molecule has 1 N–H and O–H groups in total. The Labute approximate surface area is 167 Å². The molecule has 1 aliphatic heterocycles. The molecule has 3 aromatic heterocycles. The molecule has 0 bridgehead atoms. The van der Waals surface area contributed by atoms with Gasteiger partial charge in [-0.1, -0.05) is 6.08 Å². The molecule has 2 aliphatic rings. The molecule has 1 fully saturated rings. The van der Waals surface area contributed by atoms with E-state index in [0.29, 0.717) is 16.3 Å². The number of aromatic amines is 1. The molecule has 0 aromatic carbocycles. The van der Waals surface area contributed by atoms with E-state index in [0.717, 1.165) is 67.7 Å². The van der Waals surface area contributed by atoms with Crippen LogP contribution in [0.3, 0.4) is 0 Å². The molecule has 1 saturated heterocycles. The van der Waals surface area contributed by atoms with Gasteiger partial charge in [0.15, 0.2) is 0 Å². The molecule has 0 spiro atoms. The Morgan fingerprint density at radius 1 is 1.17 bits per heavy atom. The molecule has 6 nitrogen and oxygen atoms in total. The monoisotopic (exact) mass is 399 g/mol. The lowest BCUT2D eigenvalue weighted by Gasteiger charge is -2.36. The zero-order valence-electron chi connectivity index (χ0n) is 16.0. The third-order valence-electron chi connectivity index (χ3n) is 5.96. The van der Waals surface area contributed by atoms with Crippen LogP contribution in [0.2, 0.25) is 0 Å². The van der Waals surface area contributed by atoms with E-state index in [9.17, 15) is 8.78 Å². The van der Waals surface area contributed by atoms with Crippen molar-refractivity contribution in [3.05, 3.63) is 42.5 Å². The summed E-state index contributed by atoms with van der Waals surface area (Å²) < 4.78 is 31.9. The molecule has 1 aliphatic carbocycles. The number of hydrogen-bond donors (Lipinski definition) is 1. The van der Waals surface area contributed by atoms with Crippen LogP contribution in [0.1, 0.15) is 31.4 Å². The first-order chi connectivity index (χ1) is 14.2. The van der Waals surface area contributed by atoms with Gasteiger partial charge >= 0.3 is 6.55 Å². The molecule has 3 aromatic rings. The maximum absolute atomic E-state index is 12.9. The van der Waals surface area contributed by atoms with Crippen molar-refractivity contribution in [2.75, 3.05) is 26.3 Å². The third kappa shape index (κ3) is 3.58. The second-order valence-corrected chi connectivity index (χ2v) is 7.62. The van der Waals surface area contributed by atoms with Crippen molar-refractivity contribution in [2.45, 2.75) is 31.9 Å². The first kappa shape index (κ1) is 18.4. The number of rotatable bonds is 4. The maximum atomic E-state index is 12.9. The summed E-state index contributed by atoms with van der Waals surface area (Å²) in [5, 5.41) is 4.67.